The van der Waals surface area contributed by atoms with Crippen molar-refractivity contribution in [1.82, 2.24) is 0 Å². The van der Waals surface area contributed by atoms with E-state index in [1.165, 1.54) is 6.07 Å². The maximum absolute atomic E-state index is 12.3. The number of ether oxygens (including phenoxy) is 2. The second-order valence-electron chi connectivity index (χ2n) is 4.47. The molecule has 0 radical (unpaired) electrons. The normalized spacial score (nSPS) is 18.9. The monoisotopic (exact) mass is 372 g/mol. The van der Waals surface area contributed by atoms with Crippen molar-refractivity contribution in [2.24, 2.45) is 0 Å². The topological polar surface area (TPSA) is 48.7 Å². The number of rotatable bonds is 2. The van der Waals surface area contributed by atoms with E-state index in [1.54, 1.807) is 13.2 Å². The predicted molar refractivity (Wildman–Crippen MR) is 79.7 cm³/mol. The van der Waals surface area contributed by atoms with E-state index < -0.39 is 0 Å². The van der Waals surface area contributed by atoms with Gasteiger partial charge in [-0.2, -0.15) is 0 Å². The minimum absolute atomic E-state index is 0.0814. The molecule has 1 fully saturated rings. The highest BCUT2D eigenvalue weighted by Crippen LogP contribution is 2.32. The molecule has 4 nitrogen and oxygen atoms in total. The van der Waals surface area contributed by atoms with Gasteiger partial charge < -0.3 is 13.9 Å². The maximum Gasteiger partial charge on any atom is 0.196 e. The maximum atomic E-state index is 12.3. The highest BCUT2D eigenvalue weighted by Gasteiger charge is 2.22. The lowest BCUT2D eigenvalue weighted by atomic mass is 10.1. The third kappa shape index (κ3) is 2.25. The molecule has 3 rings (SSSR count). The van der Waals surface area contributed by atoms with Crippen LogP contribution in [0.4, 0.5) is 0 Å². The molecule has 1 aliphatic heterocycles. The highest BCUT2D eigenvalue weighted by atomic mass is 127. The quantitative estimate of drug-likeness (QED) is 0.760. The van der Waals surface area contributed by atoms with Crippen LogP contribution in [0.25, 0.3) is 11.0 Å². The van der Waals surface area contributed by atoms with Crippen LogP contribution >= 0.6 is 22.6 Å². The summed E-state index contributed by atoms with van der Waals surface area (Å²) < 4.78 is 17.6. The van der Waals surface area contributed by atoms with Crippen LogP contribution in [0.2, 0.25) is 0 Å². The summed E-state index contributed by atoms with van der Waals surface area (Å²) in [5, 5.41) is 0.496. The summed E-state index contributed by atoms with van der Waals surface area (Å²) in [5.41, 5.74) is 0.500. The summed E-state index contributed by atoms with van der Waals surface area (Å²) in [7, 11) is 1.55. The molecule has 0 bridgehead atoms. The Balaban J connectivity index is 2.25. The molecule has 1 unspecified atom stereocenters. The van der Waals surface area contributed by atoms with Crippen molar-refractivity contribution in [3.05, 3.63) is 37.8 Å². The number of fused-ring (bicyclic) bond motifs is 1. The van der Waals surface area contributed by atoms with E-state index >= 15 is 0 Å². The fourth-order valence-electron chi connectivity index (χ4n) is 2.35. The average molecular weight is 372 g/mol. The van der Waals surface area contributed by atoms with Gasteiger partial charge in [-0.25, -0.2) is 0 Å². The summed E-state index contributed by atoms with van der Waals surface area (Å²) in [6, 6.07) is 5.19. The Hall–Kier alpha value is -1.08. The van der Waals surface area contributed by atoms with E-state index in [2.05, 4.69) is 22.6 Å². The molecule has 1 aliphatic rings. The molecule has 5 heteroatoms. The van der Waals surface area contributed by atoms with Crippen LogP contribution in [0.15, 0.2) is 27.4 Å². The molecule has 1 aromatic heterocycles. The zero-order valence-corrected chi connectivity index (χ0v) is 12.6. The molecule has 0 aliphatic carbocycles. The zero-order valence-electron chi connectivity index (χ0n) is 10.4. The molecular formula is C14H13IO4. The van der Waals surface area contributed by atoms with Crippen molar-refractivity contribution >= 4 is 33.6 Å². The van der Waals surface area contributed by atoms with Crippen molar-refractivity contribution < 1.29 is 13.9 Å². The molecular weight excluding hydrogens is 359 g/mol. The van der Waals surface area contributed by atoms with Gasteiger partial charge in [-0.05, 0) is 47.6 Å². The molecule has 1 atom stereocenters. The number of hydrogen-bond donors (Lipinski definition) is 0. The van der Waals surface area contributed by atoms with Crippen LogP contribution in [0.1, 0.15) is 24.7 Å². The van der Waals surface area contributed by atoms with E-state index in [0.29, 0.717) is 22.5 Å². The van der Waals surface area contributed by atoms with Gasteiger partial charge in [0.25, 0.3) is 0 Å². The highest BCUT2D eigenvalue weighted by molar-refractivity contribution is 14.1. The van der Waals surface area contributed by atoms with Crippen molar-refractivity contribution in [3.8, 4) is 5.75 Å². The molecule has 2 heterocycles. The van der Waals surface area contributed by atoms with Gasteiger partial charge in [0.05, 0.1) is 10.7 Å². The van der Waals surface area contributed by atoms with Crippen LogP contribution in [-0.2, 0) is 4.74 Å². The molecule has 19 heavy (non-hydrogen) atoms. The van der Waals surface area contributed by atoms with Crippen molar-refractivity contribution in [3.63, 3.8) is 0 Å². The van der Waals surface area contributed by atoms with Crippen LogP contribution < -0.4 is 10.2 Å². The fourth-order valence-corrected chi connectivity index (χ4v) is 2.91. The molecule has 0 N–H and O–H groups in total. The first-order chi connectivity index (χ1) is 9.20. The lowest BCUT2D eigenvalue weighted by Gasteiger charge is -2.11. The molecule has 100 valence electrons. The Labute approximate surface area is 123 Å². The smallest absolute Gasteiger partial charge is 0.196 e. The number of methoxy groups -OCH3 is 1. The van der Waals surface area contributed by atoms with Crippen molar-refractivity contribution in [2.75, 3.05) is 13.7 Å². The summed E-state index contributed by atoms with van der Waals surface area (Å²) in [5.74, 6) is 1.16. The third-order valence-electron chi connectivity index (χ3n) is 3.28. The first-order valence-corrected chi connectivity index (χ1v) is 7.20. The van der Waals surface area contributed by atoms with Crippen molar-refractivity contribution in [1.29, 1.82) is 0 Å². The van der Waals surface area contributed by atoms with Gasteiger partial charge in [0.15, 0.2) is 11.0 Å². The predicted octanol–water partition coefficient (Wildman–Crippen LogP) is 3.26. The summed E-state index contributed by atoms with van der Waals surface area (Å²) in [4.78, 5) is 12.3. The minimum Gasteiger partial charge on any atom is -0.496 e. The lowest BCUT2D eigenvalue weighted by Crippen LogP contribution is -2.07. The van der Waals surface area contributed by atoms with Gasteiger partial charge in [-0.1, -0.05) is 0 Å². The van der Waals surface area contributed by atoms with Crippen LogP contribution in [0.5, 0.6) is 5.75 Å². The molecule has 2 aromatic rings. The van der Waals surface area contributed by atoms with Crippen LogP contribution in [0, 0.1) is 3.57 Å². The van der Waals surface area contributed by atoms with E-state index in [-0.39, 0.29) is 11.5 Å². The average Bonchev–Trinajstić information content (AvgIpc) is 2.93. The van der Waals surface area contributed by atoms with Gasteiger partial charge >= 0.3 is 0 Å². The Morgan fingerprint density at radius 2 is 2.26 bits per heavy atom. The lowest BCUT2D eigenvalue weighted by molar-refractivity contribution is 0.0939. The Morgan fingerprint density at radius 3 is 2.95 bits per heavy atom. The summed E-state index contributed by atoms with van der Waals surface area (Å²) >= 11 is 2.16. The Bertz CT molecular complexity index is 671. The third-order valence-corrected chi connectivity index (χ3v) is 4.13. The first-order valence-electron chi connectivity index (χ1n) is 6.12. The fraction of sp³-hybridized carbons (Fsp3) is 0.357. The Kier molecular flexibility index (Phi) is 3.49. The van der Waals surface area contributed by atoms with Crippen molar-refractivity contribution in [2.45, 2.75) is 18.9 Å². The number of halogens is 1. The van der Waals surface area contributed by atoms with Gasteiger partial charge in [0, 0.05) is 12.7 Å². The molecule has 1 saturated heterocycles. The molecule has 0 amide bonds. The summed E-state index contributed by atoms with van der Waals surface area (Å²) in [6.07, 6.45) is 1.80. The van der Waals surface area contributed by atoms with Crippen LogP contribution in [-0.4, -0.2) is 13.7 Å². The second-order valence-corrected chi connectivity index (χ2v) is 5.63. The standard InChI is InChI=1S/C14H13IO4/c1-17-11-5-4-8(15)14-13(11)9(16)7-12(19-14)10-3-2-6-18-10/h4-5,7,10H,2-3,6H2,1H3. The summed E-state index contributed by atoms with van der Waals surface area (Å²) in [6.45, 7) is 0.724. The largest absolute Gasteiger partial charge is 0.496 e. The van der Waals surface area contributed by atoms with Crippen LogP contribution in [0.3, 0.4) is 0 Å². The van der Waals surface area contributed by atoms with Gasteiger partial charge in [-0.3, -0.25) is 4.79 Å². The van der Waals surface area contributed by atoms with E-state index in [1.807, 2.05) is 6.07 Å². The van der Waals surface area contributed by atoms with Gasteiger partial charge in [0.2, 0.25) is 0 Å². The van der Waals surface area contributed by atoms with E-state index in [4.69, 9.17) is 13.9 Å². The second kappa shape index (κ2) is 5.13. The molecule has 0 spiro atoms. The van der Waals surface area contributed by atoms with E-state index in [0.717, 1.165) is 23.0 Å². The van der Waals surface area contributed by atoms with Gasteiger partial charge in [0.1, 0.15) is 23.0 Å². The SMILES string of the molecule is COc1ccc(I)c2oc(C3CCCO3)cc(=O)c12. The number of benzene rings is 1. The Morgan fingerprint density at radius 1 is 1.42 bits per heavy atom. The number of hydrogen-bond acceptors (Lipinski definition) is 4. The van der Waals surface area contributed by atoms with E-state index in [9.17, 15) is 4.79 Å². The minimum atomic E-state index is -0.0981. The molecule has 0 saturated carbocycles. The van der Waals surface area contributed by atoms with Gasteiger partial charge in [-0.15, -0.1) is 0 Å². The zero-order chi connectivity index (χ0) is 13.4. The first kappa shape index (κ1) is 12.9. The molecule has 1 aromatic carbocycles.